The quantitative estimate of drug-likeness (QED) is 0.680. The lowest BCUT2D eigenvalue weighted by atomic mass is 9.78. The molecule has 4 aliphatic rings. The Morgan fingerprint density at radius 3 is 2.62 bits per heavy atom. The number of benzene rings is 1. The van der Waals surface area contributed by atoms with Gasteiger partial charge < -0.3 is 24.6 Å². The van der Waals surface area contributed by atoms with Crippen LogP contribution >= 0.6 is 15.9 Å². The van der Waals surface area contributed by atoms with Crippen LogP contribution in [0.3, 0.4) is 0 Å². The van der Waals surface area contributed by atoms with E-state index >= 15 is 0 Å². The fourth-order valence-electron chi connectivity index (χ4n) is 5.82. The molecule has 174 valence electrons. The highest BCUT2D eigenvalue weighted by Gasteiger charge is 2.43. The number of hydrogen-bond donors (Lipinski definition) is 1. The van der Waals surface area contributed by atoms with Crippen LogP contribution in [0.5, 0.6) is 11.5 Å². The highest BCUT2D eigenvalue weighted by atomic mass is 79.9. The Hall–Kier alpha value is -1.80. The van der Waals surface area contributed by atoms with Crippen LogP contribution in [0.4, 0.5) is 0 Å². The van der Waals surface area contributed by atoms with Crippen molar-refractivity contribution in [1.29, 1.82) is 0 Å². The van der Waals surface area contributed by atoms with Gasteiger partial charge in [-0.2, -0.15) is 0 Å². The molecule has 3 unspecified atom stereocenters. The van der Waals surface area contributed by atoms with E-state index in [1.165, 1.54) is 0 Å². The number of carbonyl (C=O) groups excluding carboxylic acids is 2. The van der Waals surface area contributed by atoms with Crippen molar-refractivity contribution < 1.29 is 19.1 Å². The number of ether oxygens (including phenoxy) is 2. The van der Waals surface area contributed by atoms with Crippen molar-refractivity contribution in [2.75, 3.05) is 46.4 Å². The molecule has 7 nitrogen and oxygen atoms in total. The maximum absolute atomic E-state index is 13.2. The Labute approximate surface area is 197 Å². The average Bonchev–Trinajstić information content (AvgIpc) is 3.41. The topological polar surface area (TPSA) is 71.1 Å². The van der Waals surface area contributed by atoms with E-state index in [4.69, 9.17) is 9.47 Å². The summed E-state index contributed by atoms with van der Waals surface area (Å²) in [7, 11) is 2.07. The maximum atomic E-state index is 13.2. The van der Waals surface area contributed by atoms with Crippen LogP contribution in [0.25, 0.3) is 0 Å². The molecule has 3 heterocycles. The summed E-state index contributed by atoms with van der Waals surface area (Å²) in [5, 5.41) is 3.36. The van der Waals surface area contributed by atoms with Crippen LogP contribution in [-0.2, 0) is 16.0 Å². The van der Waals surface area contributed by atoms with Gasteiger partial charge in [-0.1, -0.05) is 22.4 Å². The first kappa shape index (κ1) is 22.0. The number of halogens is 1. The molecule has 2 amide bonds. The van der Waals surface area contributed by atoms with E-state index in [0.29, 0.717) is 37.2 Å². The Morgan fingerprint density at radius 2 is 1.88 bits per heavy atom. The lowest BCUT2D eigenvalue weighted by Crippen LogP contribution is -2.47. The number of nitrogens with one attached hydrogen (secondary N) is 1. The number of hydrogen-bond acceptors (Lipinski definition) is 5. The van der Waals surface area contributed by atoms with Gasteiger partial charge in [0.1, 0.15) is 13.2 Å². The van der Waals surface area contributed by atoms with E-state index < -0.39 is 0 Å². The summed E-state index contributed by atoms with van der Waals surface area (Å²) in [5.41, 5.74) is 0.921. The largest absolute Gasteiger partial charge is 0.486 e. The number of fused-ring (bicyclic) bond motifs is 2. The SMILES string of the molecule is CN1CC[C@H](C(=O)NC2CCCC3CN(C(=O)Cc4cc5c(cc4Br)OCCO5)CC32)C1. The maximum Gasteiger partial charge on any atom is 0.227 e. The molecule has 0 radical (unpaired) electrons. The smallest absolute Gasteiger partial charge is 0.227 e. The molecule has 1 aromatic carbocycles. The van der Waals surface area contributed by atoms with Crippen molar-refractivity contribution in [2.24, 2.45) is 17.8 Å². The van der Waals surface area contributed by atoms with Gasteiger partial charge in [0.15, 0.2) is 11.5 Å². The van der Waals surface area contributed by atoms with Crippen molar-refractivity contribution in [1.82, 2.24) is 15.1 Å². The Bertz CT molecular complexity index is 894. The van der Waals surface area contributed by atoms with Gasteiger partial charge in [-0.05, 0) is 56.5 Å². The molecule has 3 fully saturated rings. The number of carbonyl (C=O) groups is 2. The van der Waals surface area contributed by atoms with Gasteiger partial charge in [-0.15, -0.1) is 0 Å². The molecule has 1 aromatic rings. The van der Waals surface area contributed by atoms with Gasteiger partial charge in [0.25, 0.3) is 0 Å². The highest BCUT2D eigenvalue weighted by molar-refractivity contribution is 9.10. The third-order valence-corrected chi connectivity index (χ3v) is 8.33. The van der Waals surface area contributed by atoms with E-state index in [1.54, 1.807) is 0 Å². The fraction of sp³-hybridized carbons (Fsp3) is 0.667. The van der Waals surface area contributed by atoms with Crippen molar-refractivity contribution in [3.8, 4) is 11.5 Å². The zero-order valence-corrected chi connectivity index (χ0v) is 20.2. The first-order valence-corrected chi connectivity index (χ1v) is 12.6. The Kier molecular flexibility index (Phi) is 6.34. The number of rotatable bonds is 4. The number of amides is 2. The predicted molar refractivity (Wildman–Crippen MR) is 124 cm³/mol. The van der Waals surface area contributed by atoms with Crippen LogP contribution < -0.4 is 14.8 Å². The highest BCUT2D eigenvalue weighted by Crippen LogP contribution is 2.38. The van der Waals surface area contributed by atoms with Gasteiger partial charge in [0.05, 0.1) is 12.3 Å². The zero-order valence-electron chi connectivity index (χ0n) is 18.6. The normalized spacial score (nSPS) is 29.6. The van der Waals surface area contributed by atoms with Crippen molar-refractivity contribution in [3.05, 3.63) is 22.2 Å². The van der Waals surface area contributed by atoms with E-state index in [1.807, 2.05) is 17.0 Å². The molecule has 1 saturated carbocycles. The van der Waals surface area contributed by atoms with Gasteiger partial charge in [0, 0.05) is 36.1 Å². The van der Waals surface area contributed by atoms with E-state index in [0.717, 1.165) is 67.6 Å². The predicted octanol–water partition coefficient (Wildman–Crippen LogP) is 2.46. The van der Waals surface area contributed by atoms with Gasteiger partial charge in [-0.25, -0.2) is 0 Å². The second-order valence-electron chi connectivity index (χ2n) is 9.78. The summed E-state index contributed by atoms with van der Waals surface area (Å²) in [6.07, 6.45) is 4.55. The first-order chi connectivity index (χ1) is 15.5. The molecule has 0 bridgehead atoms. The Balaban J connectivity index is 1.22. The minimum Gasteiger partial charge on any atom is -0.486 e. The molecule has 32 heavy (non-hydrogen) atoms. The summed E-state index contributed by atoms with van der Waals surface area (Å²) >= 11 is 3.59. The van der Waals surface area contributed by atoms with Crippen LogP contribution in [0, 0.1) is 17.8 Å². The van der Waals surface area contributed by atoms with Crippen molar-refractivity contribution >= 4 is 27.7 Å². The number of nitrogens with zero attached hydrogens (tertiary/aromatic N) is 2. The Morgan fingerprint density at radius 1 is 1.09 bits per heavy atom. The molecular formula is C24H32BrN3O4. The van der Waals surface area contributed by atoms with E-state index in [-0.39, 0.29) is 23.8 Å². The molecule has 0 aromatic heterocycles. The molecule has 2 saturated heterocycles. The summed E-state index contributed by atoms with van der Waals surface area (Å²) in [6.45, 7) is 4.45. The molecule has 1 N–H and O–H groups in total. The lowest BCUT2D eigenvalue weighted by molar-refractivity contribution is -0.129. The molecule has 4 atom stereocenters. The molecule has 3 aliphatic heterocycles. The summed E-state index contributed by atoms with van der Waals surface area (Å²) in [5.74, 6) is 2.71. The zero-order chi connectivity index (χ0) is 22.2. The van der Waals surface area contributed by atoms with Crippen LogP contribution in [-0.4, -0.2) is 74.1 Å². The van der Waals surface area contributed by atoms with E-state index in [9.17, 15) is 9.59 Å². The molecule has 0 spiro atoms. The lowest BCUT2D eigenvalue weighted by Gasteiger charge is -2.34. The van der Waals surface area contributed by atoms with Gasteiger partial charge >= 0.3 is 0 Å². The average molecular weight is 506 g/mol. The monoisotopic (exact) mass is 505 g/mol. The second-order valence-corrected chi connectivity index (χ2v) is 10.6. The molecule has 8 heteroatoms. The van der Waals surface area contributed by atoms with Crippen LogP contribution in [0.1, 0.15) is 31.2 Å². The van der Waals surface area contributed by atoms with Crippen molar-refractivity contribution in [2.45, 2.75) is 38.1 Å². The summed E-state index contributed by atoms with van der Waals surface area (Å²) < 4.78 is 12.2. The van der Waals surface area contributed by atoms with Gasteiger partial charge in [-0.3, -0.25) is 9.59 Å². The third-order valence-electron chi connectivity index (χ3n) is 7.59. The fourth-order valence-corrected chi connectivity index (χ4v) is 6.28. The molecule has 1 aliphatic carbocycles. The molecular weight excluding hydrogens is 474 g/mol. The van der Waals surface area contributed by atoms with Crippen LogP contribution in [0.2, 0.25) is 0 Å². The van der Waals surface area contributed by atoms with Crippen LogP contribution in [0.15, 0.2) is 16.6 Å². The third kappa shape index (κ3) is 4.49. The minimum atomic E-state index is 0.104. The standard InChI is InChI=1S/C24H32BrN3O4/c1-27-6-5-16(12-27)24(30)26-20-4-2-3-15-13-28(14-18(15)20)23(29)10-17-9-21-22(11-19(17)25)32-8-7-31-21/h9,11,15-16,18,20H,2-8,10,12-14H2,1H3,(H,26,30)/t15?,16-,18?,20?/m0/s1. The number of likely N-dealkylation sites (tertiary alicyclic amines) is 2. The minimum absolute atomic E-state index is 0.104. The first-order valence-electron chi connectivity index (χ1n) is 11.8. The molecule has 5 rings (SSSR count). The van der Waals surface area contributed by atoms with E-state index in [2.05, 4.69) is 33.2 Å². The van der Waals surface area contributed by atoms with Gasteiger partial charge in [0.2, 0.25) is 11.8 Å². The van der Waals surface area contributed by atoms with Crippen molar-refractivity contribution in [3.63, 3.8) is 0 Å². The summed E-state index contributed by atoms with van der Waals surface area (Å²) in [6, 6.07) is 4.00. The summed E-state index contributed by atoms with van der Waals surface area (Å²) in [4.78, 5) is 30.2. The second kappa shape index (κ2) is 9.21.